The average molecular weight is 213 g/mol. The zero-order valence-electron chi connectivity index (χ0n) is 8.30. The van der Waals surface area contributed by atoms with E-state index >= 15 is 0 Å². The van der Waals surface area contributed by atoms with Crippen LogP contribution in [0.15, 0.2) is 42.5 Å². The van der Waals surface area contributed by atoms with Crippen molar-refractivity contribution in [3.05, 3.63) is 59.4 Å². The Labute approximate surface area is 105 Å². The van der Waals surface area contributed by atoms with E-state index in [0.29, 0.717) is 10.6 Å². The van der Waals surface area contributed by atoms with Gasteiger partial charge < -0.3 is 0 Å². The van der Waals surface area contributed by atoms with Crippen molar-refractivity contribution in [2.45, 2.75) is 0 Å². The van der Waals surface area contributed by atoms with Crippen LogP contribution >= 0.6 is 11.6 Å². The van der Waals surface area contributed by atoms with Gasteiger partial charge in [0.15, 0.2) is 0 Å². The van der Waals surface area contributed by atoms with E-state index in [0.717, 1.165) is 5.56 Å². The molecule has 0 aromatic heterocycles. The Kier molecular flexibility index (Phi) is 4.41. The van der Waals surface area contributed by atoms with Crippen LogP contribution in [0.4, 0.5) is 4.39 Å². The van der Waals surface area contributed by atoms with Crippen LogP contribution < -0.4 is 18.9 Å². The van der Waals surface area contributed by atoms with Crippen LogP contribution in [-0.4, -0.2) is 0 Å². The van der Waals surface area contributed by atoms with Crippen molar-refractivity contribution in [2.24, 2.45) is 0 Å². The number of rotatable bonds is 1. The van der Waals surface area contributed by atoms with Crippen LogP contribution in [-0.2, 0) is 0 Å². The predicted molar refractivity (Wildman–Crippen MR) is 55.7 cm³/mol. The molecule has 0 bridgehead atoms. The van der Waals surface area contributed by atoms with Gasteiger partial charge in [-0.05, 0) is 0 Å². The fourth-order valence-corrected chi connectivity index (χ4v) is 1.43. The zero-order chi connectivity index (χ0) is 9.97. The minimum Gasteiger partial charge on any atom is -0.235 e. The maximum Gasteiger partial charge on any atom is 1.00 e. The molecule has 2 rings (SSSR count). The van der Waals surface area contributed by atoms with E-state index in [1.165, 1.54) is 0 Å². The van der Waals surface area contributed by atoms with Crippen molar-refractivity contribution >= 4 is 11.6 Å². The van der Waals surface area contributed by atoms with Gasteiger partial charge in [0.05, 0.1) is 0 Å². The molecule has 0 heterocycles. The maximum absolute atomic E-state index is 13.4. The van der Waals surface area contributed by atoms with Gasteiger partial charge in [0, 0.05) is 5.82 Å². The molecule has 3 heteroatoms. The summed E-state index contributed by atoms with van der Waals surface area (Å²) in [5, 5.41) is 0.294. The standard InChI is InChI=1S/C12H7ClF.Li/c13-10-6-7-11(12(14)8-10)9-4-2-1-3-5-9;/h1-7H;/q-1;+1. The topological polar surface area (TPSA) is 0 Å². The molecule has 70 valence electrons. The summed E-state index contributed by atoms with van der Waals surface area (Å²) in [4.78, 5) is 0. The fraction of sp³-hybridized carbons (Fsp3) is 0. The van der Waals surface area contributed by atoms with Gasteiger partial charge in [0.2, 0.25) is 0 Å². The molecule has 0 N–H and O–H groups in total. The Hall–Kier alpha value is -0.743. The van der Waals surface area contributed by atoms with Crippen molar-refractivity contribution in [3.8, 4) is 11.1 Å². The molecule has 0 saturated heterocycles. The second kappa shape index (κ2) is 5.37. The molecule has 0 aliphatic heterocycles. The molecular formula is C12H7ClFLi. The Morgan fingerprint density at radius 1 is 1.00 bits per heavy atom. The maximum atomic E-state index is 13.4. The normalized spacial score (nSPS) is 9.47. The van der Waals surface area contributed by atoms with Crippen LogP contribution in [0.3, 0.4) is 0 Å². The Morgan fingerprint density at radius 2 is 1.67 bits per heavy atom. The van der Waals surface area contributed by atoms with Gasteiger partial charge in [0.1, 0.15) is 0 Å². The molecule has 0 aliphatic carbocycles. The zero-order valence-corrected chi connectivity index (χ0v) is 9.05. The quantitative estimate of drug-likeness (QED) is 0.488. The van der Waals surface area contributed by atoms with E-state index in [9.17, 15) is 4.39 Å². The van der Waals surface area contributed by atoms with Crippen molar-refractivity contribution < 1.29 is 23.3 Å². The van der Waals surface area contributed by atoms with Gasteiger partial charge >= 0.3 is 18.9 Å². The van der Waals surface area contributed by atoms with E-state index in [2.05, 4.69) is 6.07 Å². The number of benzene rings is 2. The van der Waals surface area contributed by atoms with Crippen molar-refractivity contribution in [1.82, 2.24) is 0 Å². The number of hydrogen-bond donors (Lipinski definition) is 0. The number of hydrogen-bond acceptors (Lipinski definition) is 0. The molecule has 0 spiro atoms. The van der Waals surface area contributed by atoms with Crippen molar-refractivity contribution in [3.63, 3.8) is 0 Å². The molecule has 0 unspecified atom stereocenters. The van der Waals surface area contributed by atoms with E-state index in [4.69, 9.17) is 11.6 Å². The van der Waals surface area contributed by atoms with Crippen LogP contribution in [0.1, 0.15) is 0 Å². The molecule has 0 amide bonds. The van der Waals surface area contributed by atoms with E-state index in [1.807, 2.05) is 30.3 Å². The minimum absolute atomic E-state index is 0. The van der Waals surface area contributed by atoms with Crippen LogP contribution in [0.5, 0.6) is 0 Å². The molecule has 2 aromatic carbocycles. The third-order valence-electron chi connectivity index (χ3n) is 1.95. The van der Waals surface area contributed by atoms with Crippen molar-refractivity contribution in [1.29, 1.82) is 0 Å². The van der Waals surface area contributed by atoms with E-state index in [-0.39, 0.29) is 18.9 Å². The summed E-state index contributed by atoms with van der Waals surface area (Å²) in [6.45, 7) is 0. The fourth-order valence-electron chi connectivity index (χ4n) is 1.28. The first-order chi connectivity index (χ1) is 6.77. The predicted octanol–water partition coefficient (Wildman–Crippen LogP) is 0.950. The smallest absolute Gasteiger partial charge is 0.235 e. The second-order valence-electron chi connectivity index (χ2n) is 2.90. The summed E-state index contributed by atoms with van der Waals surface area (Å²) in [6, 6.07) is 15.0. The van der Waals surface area contributed by atoms with Gasteiger partial charge in [0.25, 0.3) is 0 Å². The van der Waals surface area contributed by atoms with E-state index in [1.54, 1.807) is 12.1 Å². The number of halogens is 2. The molecule has 2 aromatic rings. The van der Waals surface area contributed by atoms with Crippen LogP contribution in [0.25, 0.3) is 11.1 Å². The molecule has 0 atom stereocenters. The molecule has 0 saturated carbocycles. The summed E-state index contributed by atoms with van der Waals surface area (Å²) in [6.07, 6.45) is 0. The van der Waals surface area contributed by atoms with Gasteiger partial charge in [-0.3, -0.25) is 0 Å². The monoisotopic (exact) mass is 212 g/mol. The summed E-state index contributed by atoms with van der Waals surface area (Å²) in [7, 11) is 0. The van der Waals surface area contributed by atoms with Gasteiger partial charge in [-0.2, -0.15) is 12.1 Å². The van der Waals surface area contributed by atoms with E-state index < -0.39 is 5.82 Å². The van der Waals surface area contributed by atoms with Gasteiger partial charge in [-0.15, -0.1) is 17.7 Å². The van der Waals surface area contributed by atoms with Crippen LogP contribution in [0, 0.1) is 11.9 Å². The molecule has 0 nitrogen and oxygen atoms in total. The minimum atomic E-state index is -0.413. The summed E-state index contributed by atoms with van der Waals surface area (Å²) < 4.78 is 13.4. The molecule has 0 radical (unpaired) electrons. The third kappa shape index (κ3) is 2.86. The third-order valence-corrected chi connectivity index (χ3v) is 2.17. The first kappa shape index (κ1) is 12.3. The summed E-state index contributed by atoms with van der Waals surface area (Å²) >= 11 is 5.61. The average Bonchev–Trinajstić information content (AvgIpc) is 2.19. The Bertz CT molecular complexity index is 443. The molecule has 0 fully saturated rings. The molecule has 0 aliphatic rings. The molecular weight excluding hydrogens is 206 g/mol. The summed E-state index contributed by atoms with van der Waals surface area (Å²) in [5.41, 5.74) is 1.35. The Morgan fingerprint density at radius 3 is 2.27 bits per heavy atom. The van der Waals surface area contributed by atoms with Gasteiger partial charge in [-0.1, -0.05) is 46.5 Å². The largest absolute Gasteiger partial charge is 1.00 e. The van der Waals surface area contributed by atoms with Crippen molar-refractivity contribution in [2.75, 3.05) is 0 Å². The summed E-state index contributed by atoms with van der Waals surface area (Å²) in [5.74, 6) is -0.413. The second-order valence-corrected chi connectivity index (χ2v) is 3.31. The first-order valence-electron chi connectivity index (χ1n) is 4.20. The van der Waals surface area contributed by atoms with Gasteiger partial charge in [-0.25, -0.2) is 4.39 Å². The first-order valence-corrected chi connectivity index (χ1v) is 4.58. The SMILES string of the molecule is Fc1[c-]c(Cl)ccc1-c1ccccc1.[Li+]. The Balaban J connectivity index is 0.00000112. The van der Waals surface area contributed by atoms with Crippen LogP contribution in [0.2, 0.25) is 5.02 Å². The molecule has 15 heavy (non-hydrogen) atoms.